The van der Waals surface area contributed by atoms with Crippen LogP contribution in [0.1, 0.15) is 55.7 Å². The van der Waals surface area contributed by atoms with Crippen LogP contribution in [0.5, 0.6) is 11.5 Å². The van der Waals surface area contributed by atoms with E-state index in [1.54, 1.807) is 34.9 Å². The summed E-state index contributed by atoms with van der Waals surface area (Å²) in [6.07, 6.45) is 1.77. The molecule has 0 saturated heterocycles. The van der Waals surface area contributed by atoms with Crippen LogP contribution < -0.4 is 16.0 Å². The first-order valence-electron chi connectivity index (χ1n) is 13.2. The van der Waals surface area contributed by atoms with E-state index in [1.807, 2.05) is 55.5 Å². The van der Waals surface area contributed by atoms with E-state index in [0.717, 1.165) is 18.4 Å². The van der Waals surface area contributed by atoms with Gasteiger partial charge in [-0.3, -0.25) is 9.36 Å². The number of halogens is 1. The molecule has 0 unspecified atom stereocenters. The lowest BCUT2D eigenvalue weighted by Gasteiger charge is -2.21. The van der Waals surface area contributed by atoms with Gasteiger partial charge in [0.15, 0.2) is 0 Å². The molecule has 0 saturated carbocycles. The third-order valence-electron chi connectivity index (χ3n) is 6.65. The second-order valence-electron chi connectivity index (χ2n) is 9.33. The molecule has 39 heavy (non-hydrogen) atoms. The third kappa shape index (κ3) is 6.78. The Morgan fingerprint density at radius 2 is 1.41 bits per heavy atom. The van der Waals surface area contributed by atoms with Crippen molar-refractivity contribution >= 4 is 10.9 Å². The highest BCUT2D eigenvalue weighted by Gasteiger charge is 2.18. The fourth-order valence-electron chi connectivity index (χ4n) is 4.54. The van der Waals surface area contributed by atoms with Crippen LogP contribution in [-0.4, -0.2) is 9.55 Å². The summed E-state index contributed by atoms with van der Waals surface area (Å²) in [5.74, 6) is 1.35. The van der Waals surface area contributed by atoms with Crippen molar-refractivity contribution in [2.45, 2.75) is 45.7 Å². The van der Waals surface area contributed by atoms with Crippen LogP contribution in [0.25, 0.3) is 10.9 Å². The highest BCUT2D eigenvalue weighted by Crippen LogP contribution is 2.26. The van der Waals surface area contributed by atoms with Crippen molar-refractivity contribution in [2.75, 3.05) is 0 Å². The molecular formula is C33H34FN3O2. The Morgan fingerprint density at radius 3 is 2.00 bits per heavy atom. The number of aromatic nitrogens is 2. The maximum absolute atomic E-state index is 13.4. The Bertz CT molecular complexity index is 1550. The van der Waals surface area contributed by atoms with Crippen molar-refractivity contribution in [1.29, 1.82) is 0 Å². The predicted octanol–water partition coefficient (Wildman–Crippen LogP) is 7.73. The van der Waals surface area contributed by atoms with Gasteiger partial charge in [0.25, 0.3) is 5.56 Å². The second kappa shape index (κ2) is 13.0. The number of hydrogen-bond acceptors (Lipinski definition) is 4. The number of hydrogen-bond donors (Lipinski definition) is 1. The summed E-state index contributed by atoms with van der Waals surface area (Å²) < 4.78 is 20.7. The molecular weight excluding hydrogens is 489 g/mol. The molecule has 5 nitrogen and oxygen atoms in total. The fraction of sp³-hybridized carbons (Fsp3) is 0.212. The van der Waals surface area contributed by atoms with Gasteiger partial charge in [-0.1, -0.05) is 74.5 Å². The highest BCUT2D eigenvalue weighted by atomic mass is 19.1. The Kier molecular flexibility index (Phi) is 9.23. The van der Waals surface area contributed by atoms with E-state index in [2.05, 4.69) is 31.0 Å². The monoisotopic (exact) mass is 523 g/mol. The van der Waals surface area contributed by atoms with Crippen LogP contribution in [0.15, 0.2) is 108 Å². The van der Waals surface area contributed by atoms with E-state index in [0.29, 0.717) is 28.2 Å². The summed E-state index contributed by atoms with van der Waals surface area (Å²) in [5.41, 5.74) is 8.61. The van der Waals surface area contributed by atoms with Gasteiger partial charge in [-0.05, 0) is 73.4 Å². The van der Waals surface area contributed by atoms with Gasteiger partial charge in [0, 0.05) is 6.04 Å². The van der Waals surface area contributed by atoms with Gasteiger partial charge in [0.1, 0.15) is 23.1 Å². The molecule has 200 valence electrons. The van der Waals surface area contributed by atoms with E-state index in [4.69, 9.17) is 10.5 Å². The van der Waals surface area contributed by atoms with Crippen LogP contribution in [-0.2, 0) is 0 Å². The summed E-state index contributed by atoms with van der Waals surface area (Å²) in [6, 6.07) is 31.2. The maximum Gasteiger partial charge on any atom is 0.262 e. The molecule has 0 bridgehead atoms. The summed E-state index contributed by atoms with van der Waals surface area (Å²) in [4.78, 5) is 18.0. The topological polar surface area (TPSA) is 70.1 Å². The van der Waals surface area contributed by atoms with Crippen molar-refractivity contribution in [3.05, 3.63) is 136 Å². The average Bonchev–Trinajstić information content (AvgIpc) is 2.97. The molecule has 0 aliphatic rings. The molecule has 5 aromatic rings. The van der Waals surface area contributed by atoms with Gasteiger partial charge in [-0.15, -0.1) is 0 Å². The van der Waals surface area contributed by atoms with E-state index in [9.17, 15) is 9.18 Å². The molecule has 2 N–H and O–H groups in total. The zero-order chi connectivity index (χ0) is 27.8. The maximum atomic E-state index is 13.4. The molecule has 4 aromatic carbocycles. The van der Waals surface area contributed by atoms with Crippen molar-refractivity contribution in [3.63, 3.8) is 0 Å². The first-order valence-corrected chi connectivity index (χ1v) is 13.2. The highest BCUT2D eigenvalue weighted by molar-refractivity contribution is 5.79. The van der Waals surface area contributed by atoms with Gasteiger partial charge >= 0.3 is 0 Å². The molecule has 1 heterocycles. The number of aryl methyl sites for hydroxylation is 1. The normalized spacial score (nSPS) is 12.3. The zero-order valence-corrected chi connectivity index (χ0v) is 22.6. The Hall–Kier alpha value is -4.29. The minimum absolute atomic E-state index is 0.0951. The molecule has 0 amide bonds. The summed E-state index contributed by atoms with van der Waals surface area (Å²) in [5, 5.41) is 0.490. The average molecular weight is 524 g/mol. The molecule has 0 spiro atoms. The Morgan fingerprint density at radius 1 is 0.821 bits per heavy atom. The lowest BCUT2D eigenvalue weighted by Crippen LogP contribution is -2.28. The van der Waals surface area contributed by atoms with E-state index < -0.39 is 0 Å². The van der Waals surface area contributed by atoms with Crippen molar-refractivity contribution in [1.82, 2.24) is 9.55 Å². The number of nitrogens with zero attached hydrogens (tertiary/aromatic N) is 2. The Labute approximate surface area is 228 Å². The van der Waals surface area contributed by atoms with Crippen LogP contribution in [0.3, 0.4) is 0 Å². The molecule has 0 radical (unpaired) electrons. The summed E-state index contributed by atoms with van der Waals surface area (Å²) >= 11 is 0. The lowest BCUT2D eigenvalue weighted by atomic mass is 10.0. The number of fused-ring (bicyclic) bond motifs is 1. The number of nitrogens with two attached hydrogens (primary N) is 1. The number of rotatable bonds is 7. The molecule has 6 heteroatoms. The summed E-state index contributed by atoms with van der Waals surface area (Å²) in [7, 11) is 0. The Balaban J connectivity index is 0.000000298. The van der Waals surface area contributed by atoms with Gasteiger partial charge in [-0.2, -0.15) is 0 Å². The first kappa shape index (κ1) is 27.7. The molecule has 0 aliphatic heterocycles. The quantitative estimate of drug-likeness (QED) is 0.237. The van der Waals surface area contributed by atoms with Crippen molar-refractivity contribution in [2.24, 2.45) is 5.73 Å². The number of benzene rings is 4. The lowest BCUT2D eigenvalue weighted by molar-refractivity contribution is 0.481. The molecule has 2 atom stereocenters. The standard InChI is InChI=1S/C24H21FN2O2.C9H13N/c1-3-23(17-7-5-4-6-8-17)27-16(2)26-22-14-13-20(15-21(22)24(27)28)29-19-11-9-18(25)10-12-19;1-2-9(10)8-6-4-3-5-7-8/h4-15,23H,3H2,1-2H3;3-7,9H,2,10H2,1H3/t23-;9-/m00/s1. The van der Waals surface area contributed by atoms with Crippen LogP contribution in [0, 0.1) is 12.7 Å². The molecule has 0 fully saturated rings. The largest absolute Gasteiger partial charge is 0.457 e. The SMILES string of the molecule is CC[C@@H](c1ccccc1)n1c(C)nc2ccc(Oc3ccc(F)cc3)cc2c1=O.CC[C@H](N)c1ccccc1. The van der Waals surface area contributed by atoms with Crippen molar-refractivity contribution in [3.8, 4) is 11.5 Å². The van der Waals surface area contributed by atoms with Crippen LogP contribution >= 0.6 is 0 Å². The van der Waals surface area contributed by atoms with Crippen LogP contribution in [0.4, 0.5) is 4.39 Å². The van der Waals surface area contributed by atoms with E-state index in [-0.39, 0.29) is 23.5 Å². The van der Waals surface area contributed by atoms with Crippen molar-refractivity contribution < 1.29 is 9.13 Å². The second-order valence-corrected chi connectivity index (χ2v) is 9.33. The first-order chi connectivity index (χ1) is 18.9. The molecule has 0 aliphatic carbocycles. The van der Waals surface area contributed by atoms with Gasteiger partial charge in [0.05, 0.1) is 16.9 Å². The zero-order valence-electron chi connectivity index (χ0n) is 22.6. The van der Waals surface area contributed by atoms with Gasteiger partial charge in [-0.25, -0.2) is 9.37 Å². The fourth-order valence-corrected chi connectivity index (χ4v) is 4.54. The number of ether oxygens (including phenoxy) is 1. The molecule has 5 rings (SSSR count). The van der Waals surface area contributed by atoms with Gasteiger partial charge in [0.2, 0.25) is 0 Å². The smallest absolute Gasteiger partial charge is 0.262 e. The minimum Gasteiger partial charge on any atom is -0.457 e. The van der Waals surface area contributed by atoms with E-state index >= 15 is 0 Å². The summed E-state index contributed by atoms with van der Waals surface area (Å²) in [6.45, 7) is 6.01. The van der Waals surface area contributed by atoms with Gasteiger partial charge < -0.3 is 10.5 Å². The van der Waals surface area contributed by atoms with E-state index in [1.165, 1.54) is 17.7 Å². The minimum atomic E-state index is -0.329. The molecule has 1 aromatic heterocycles. The predicted molar refractivity (Wildman–Crippen MR) is 156 cm³/mol. The van der Waals surface area contributed by atoms with Crippen LogP contribution in [0.2, 0.25) is 0 Å². The third-order valence-corrected chi connectivity index (χ3v) is 6.65.